The molecule has 4 heterocycles. The Bertz CT molecular complexity index is 562. The van der Waals surface area contributed by atoms with E-state index in [1.807, 2.05) is 0 Å². The first-order valence-electron chi connectivity index (χ1n) is 14.9. The van der Waals surface area contributed by atoms with Gasteiger partial charge in [0.2, 0.25) is 0 Å². The highest BCUT2D eigenvalue weighted by Crippen LogP contribution is 2.19. The van der Waals surface area contributed by atoms with E-state index in [1.165, 1.54) is 0 Å². The van der Waals surface area contributed by atoms with Crippen molar-refractivity contribution >= 4 is 0 Å². The summed E-state index contributed by atoms with van der Waals surface area (Å²) in [7, 11) is 0. The van der Waals surface area contributed by atoms with E-state index in [2.05, 4.69) is 47.3 Å². The summed E-state index contributed by atoms with van der Waals surface area (Å²) in [5, 5.41) is 0. The average molecular weight is 527 g/mol. The van der Waals surface area contributed by atoms with Crippen LogP contribution in [0.5, 0.6) is 0 Å². The van der Waals surface area contributed by atoms with E-state index in [-0.39, 0.29) is 36.6 Å². The first-order valence-corrected chi connectivity index (χ1v) is 14.9. The molecule has 9 heteroatoms. The van der Waals surface area contributed by atoms with E-state index >= 15 is 0 Å². The zero-order chi connectivity index (χ0) is 26.0. The molecule has 0 spiro atoms. The molecule has 0 aromatic rings. The fourth-order valence-corrected chi connectivity index (χ4v) is 6.42. The number of rotatable bonds is 12. The molecular formula is C28H54N4O5. The normalized spacial score (nSPS) is 33.4. The van der Waals surface area contributed by atoms with Crippen molar-refractivity contribution in [3.8, 4) is 0 Å². The van der Waals surface area contributed by atoms with Crippen LogP contribution in [0.25, 0.3) is 0 Å². The summed E-state index contributed by atoms with van der Waals surface area (Å²) in [5.74, 6) is 0. The van der Waals surface area contributed by atoms with Crippen molar-refractivity contribution in [1.82, 2.24) is 19.6 Å². The Morgan fingerprint density at radius 1 is 0.568 bits per heavy atom. The van der Waals surface area contributed by atoms with Crippen LogP contribution >= 0.6 is 0 Å². The molecule has 4 aliphatic heterocycles. The molecule has 37 heavy (non-hydrogen) atoms. The third-order valence-corrected chi connectivity index (χ3v) is 8.04. The SMILES string of the molecule is CC1CN(CC(CCN2CCOCC2)OC(CCN2CCOCC2)CN2CC(C)OC(C)C2)CC(C)O1. The first-order chi connectivity index (χ1) is 17.9. The third kappa shape index (κ3) is 10.6. The second kappa shape index (κ2) is 15.4. The van der Waals surface area contributed by atoms with E-state index in [0.29, 0.717) is 0 Å². The smallest absolute Gasteiger partial charge is 0.0718 e. The Morgan fingerprint density at radius 3 is 1.27 bits per heavy atom. The van der Waals surface area contributed by atoms with Crippen LogP contribution in [0, 0.1) is 0 Å². The number of nitrogens with zero attached hydrogens (tertiary/aromatic N) is 4. The maximum atomic E-state index is 7.10. The lowest BCUT2D eigenvalue weighted by molar-refractivity contribution is -0.111. The van der Waals surface area contributed by atoms with Crippen molar-refractivity contribution in [3.63, 3.8) is 0 Å². The predicted molar refractivity (Wildman–Crippen MR) is 145 cm³/mol. The quantitative estimate of drug-likeness (QED) is 0.376. The van der Waals surface area contributed by atoms with Gasteiger partial charge in [-0.05, 0) is 40.5 Å². The Labute approximate surface area is 225 Å². The van der Waals surface area contributed by atoms with Crippen LogP contribution in [0.1, 0.15) is 40.5 Å². The minimum absolute atomic E-state index is 0.214. The van der Waals surface area contributed by atoms with Crippen molar-refractivity contribution in [1.29, 1.82) is 0 Å². The van der Waals surface area contributed by atoms with Gasteiger partial charge in [-0.3, -0.25) is 19.6 Å². The largest absolute Gasteiger partial charge is 0.379 e. The molecule has 4 fully saturated rings. The van der Waals surface area contributed by atoms with Gasteiger partial charge in [0.25, 0.3) is 0 Å². The number of hydrogen-bond donors (Lipinski definition) is 0. The Morgan fingerprint density at radius 2 is 0.919 bits per heavy atom. The van der Waals surface area contributed by atoms with Crippen molar-refractivity contribution in [2.45, 2.75) is 77.2 Å². The lowest BCUT2D eigenvalue weighted by Gasteiger charge is -2.40. The zero-order valence-corrected chi connectivity index (χ0v) is 24.0. The molecule has 4 rings (SSSR count). The molecule has 0 N–H and O–H groups in total. The second-order valence-electron chi connectivity index (χ2n) is 11.8. The van der Waals surface area contributed by atoms with Gasteiger partial charge in [0, 0.05) is 78.5 Å². The Kier molecular flexibility index (Phi) is 12.4. The van der Waals surface area contributed by atoms with Crippen molar-refractivity contribution < 1.29 is 23.7 Å². The van der Waals surface area contributed by atoms with Crippen LogP contribution in [0.15, 0.2) is 0 Å². The highest BCUT2D eigenvalue weighted by Gasteiger charge is 2.30. The monoisotopic (exact) mass is 526 g/mol. The van der Waals surface area contributed by atoms with Crippen molar-refractivity contribution in [3.05, 3.63) is 0 Å². The fourth-order valence-electron chi connectivity index (χ4n) is 6.42. The summed E-state index contributed by atoms with van der Waals surface area (Å²) < 4.78 is 30.3. The van der Waals surface area contributed by atoms with Gasteiger partial charge in [-0.1, -0.05) is 0 Å². The summed E-state index contributed by atoms with van der Waals surface area (Å²) >= 11 is 0. The minimum Gasteiger partial charge on any atom is -0.379 e. The summed E-state index contributed by atoms with van der Waals surface area (Å²) in [6.07, 6.45) is 3.65. The molecule has 216 valence electrons. The van der Waals surface area contributed by atoms with Gasteiger partial charge in [-0.25, -0.2) is 0 Å². The maximum Gasteiger partial charge on any atom is 0.0718 e. The van der Waals surface area contributed by atoms with Crippen LogP contribution < -0.4 is 0 Å². The molecule has 0 aliphatic carbocycles. The summed E-state index contributed by atoms with van der Waals surface area (Å²) in [4.78, 5) is 10.2. The lowest BCUT2D eigenvalue weighted by atomic mass is 10.1. The van der Waals surface area contributed by atoms with E-state index in [0.717, 1.165) is 118 Å². The zero-order valence-electron chi connectivity index (χ0n) is 24.0. The van der Waals surface area contributed by atoms with Crippen molar-refractivity contribution in [2.75, 3.05) is 105 Å². The van der Waals surface area contributed by atoms with Crippen LogP contribution in [0.2, 0.25) is 0 Å². The first kappa shape index (κ1) is 29.6. The summed E-state index contributed by atoms with van der Waals surface area (Å²) in [5.41, 5.74) is 0. The Hall–Kier alpha value is -0.360. The molecule has 0 saturated carbocycles. The van der Waals surface area contributed by atoms with Gasteiger partial charge < -0.3 is 23.7 Å². The van der Waals surface area contributed by atoms with E-state index < -0.39 is 0 Å². The highest BCUT2D eigenvalue weighted by atomic mass is 16.5. The molecule has 4 aliphatic rings. The van der Waals surface area contributed by atoms with Crippen LogP contribution in [-0.2, 0) is 23.7 Å². The lowest BCUT2D eigenvalue weighted by Crippen LogP contribution is -2.51. The molecule has 0 aromatic heterocycles. The maximum absolute atomic E-state index is 7.10. The van der Waals surface area contributed by atoms with Crippen LogP contribution in [0.4, 0.5) is 0 Å². The molecule has 6 unspecified atom stereocenters. The highest BCUT2D eigenvalue weighted by molar-refractivity contribution is 4.81. The van der Waals surface area contributed by atoms with Crippen LogP contribution in [-0.4, -0.2) is 161 Å². The van der Waals surface area contributed by atoms with Crippen LogP contribution in [0.3, 0.4) is 0 Å². The van der Waals surface area contributed by atoms with Gasteiger partial charge in [-0.15, -0.1) is 0 Å². The molecule has 6 atom stereocenters. The third-order valence-electron chi connectivity index (χ3n) is 8.04. The van der Waals surface area contributed by atoms with E-state index in [9.17, 15) is 0 Å². The molecule has 4 saturated heterocycles. The standard InChI is InChI=1S/C28H54N4O5/c1-23-17-31(18-24(2)35-23)21-27(5-7-29-9-13-33-14-10-29)37-28(6-8-30-11-15-34-16-12-30)22-32-19-25(3)36-26(4)20-32/h23-28H,5-22H2,1-4H3. The molecule has 0 bridgehead atoms. The number of morpholine rings is 4. The molecular weight excluding hydrogens is 472 g/mol. The predicted octanol–water partition coefficient (Wildman–Crippen LogP) is 1.40. The van der Waals surface area contributed by atoms with Gasteiger partial charge >= 0.3 is 0 Å². The molecule has 0 radical (unpaired) electrons. The minimum atomic E-state index is 0.214. The number of hydrogen-bond acceptors (Lipinski definition) is 9. The number of ether oxygens (including phenoxy) is 5. The van der Waals surface area contributed by atoms with Gasteiger partial charge in [0.15, 0.2) is 0 Å². The van der Waals surface area contributed by atoms with E-state index in [1.54, 1.807) is 0 Å². The topological polar surface area (TPSA) is 59.1 Å². The van der Waals surface area contributed by atoms with Crippen molar-refractivity contribution in [2.24, 2.45) is 0 Å². The van der Waals surface area contributed by atoms with Gasteiger partial charge in [0.05, 0.1) is 63.1 Å². The average Bonchev–Trinajstić information content (AvgIpc) is 2.86. The van der Waals surface area contributed by atoms with Gasteiger partial charge in [0.1, 0.15) is 0 Å². The molecule has 0 amide bonds. The fraction of sp³-hybridized carbons (Fsp3) is 1.00. The summed E-state index contributed by atoms with van der Waals surface area (Å²) in [6, 6.07) is 0. The molecule has 0 aromatic carbocycles. The Balaban J connectivity index is 1.39. The molecule has 9 nitrogen and oxygen atoms in total. The second-order valence-corrected chi connectivity index (χ2v) is 11.8. The summed E-state index contributed by atoms with van der Waals surface area (Å²) in [6.45, 7) is 24.3. The van der Waals surface area contributed by atoms with E-state index in [4.69, 9.17) is 23.7 Å². The van der Waals surface area contributed by atoms with Gasteiger partial charge in [-0.2, -0.15) is 0 Å².